The van der Waals surface area contributed by atoms with Crippen molar-refractivity contribution in [1.82, 2.24) is 0 Å². The Balaban J connectivity index is 2.73. The van der Waals surface area contributed by atoms with E-state index in [-0.39, 0.29) is 15.5 Å². The first kappa shape index (κ1) is 13.3. The van der Waals surface area contributed by atoms with E-state index in [1.807, 2.05) is 0 Å². The Morgan fingerprint density at radius 1 is 0.944 bits per heavy atom. The molecular weight excluding hydrogens is 298 g/mol. The highest BCUT2D eigenvalue weighted by molar-refractivity contribution is 7.72. The lowest BCUT2D eigenvalue weighted by Gasteiger charge is -2.07. The molecule has 2 aromatic carbocycles. The molecule has 0 heterocycles. The van der Waals surface area contributed by atoms with Crippen LogP contribution in [0.3, 0.4) is 0 Å². The number of hydrogen-bond acceptors (Lipinski definition) is 2. The molecule has 94 valence electrons. The monoisotopic (exact) mass is 304 g/mol. The first-order valence-electron chi connectivity index (χ1n) is 4.88. The largest absolute Gasteiger partial charge is 0.227 e. The lowest BCUT2D eigenvalue weighted by Crippen LogP contribution is -1.90. The van der Waals surface area contributed by atoms with E-state index >= 15 is 0 Å². The van der Waals surface area contributed by atoms with E-state index in [1.165, 1.54) is 12.1 Å². The molecule has 0 atom stereocenters. The molecule has 0 bridgehead atoms. The Morgan fingerprint density at radius 3 is 2.28 bits per heavy atom. The molecule has 0 aliphatic carbocycles. The number of benzene rings is 2. The van der Waals surface area contributed by atoms with Crippen LogP contribution in [0.5, 0.6) is 0 Å². The number of halogens is 3. The van der Waals surface area contributed by atoms with Crippen molar-refractivity contribution in [2.24, 2.45) is 0 Å². The van der Waals surface area contributed by atoms with E-state index in [4.69, 9.17) is 23.2 Å². The highest BCUT2D eigenvalue weighted by Crippen LogP contribution is 2.33. The van der Waals surface area contributed by atoms with Gasteiger partial charge in [0.1, 0.15) is 5.82 Å². The summed E-state index contributed by atoms with van der Waals surface area (Å²) in [5.74, 6) is -0.531. The fraction of sp³-hybridized carbons (Fsp3) is 0. The number of thiol groups is 1. The maximum atomic E-state index is 13.2. The molecule has 2 nitrogen and oxygen atoms in total. The molecule has 0 N–H and O–H groups in total. The van der Waals surface area contributed by atoms with Gasteiger partial charge in [-0.15, -0.1) is 0 Å². The Labute approximate surface area is 115 Å². The zero-order chi connectivity index (χ0) is 13.3. The van der Waals surface area contributed by atoms with Gasteiger partial charge in [0.2, 0.25) is 0 Å². The first-order chi connectivity index (χ1) is 8.49. The van der Waals surface area contributed by atoms with Crippen LogP contribution in [-0.2, 0) is 10.7 Å². The van der Waals surface area contributed by atoms with Gasteiger partial charge in [-0.3, -0.25) is 0 Å². The van der Waals surface area contributed by atoms with Crippen molar-refractivity contribution in [1.29, 1.82) is 0 Å². The fourth-order valence-electron chi connectivity index (χ4n) is 1.59. The standard InChI is InChI=1S/C12H7Cl2FO2S/c13-7-1-3-9(11(14)5-7)10-6-8(15)2-4-12(10)18(16)17/h1-6,18H. The number of rotatable bonds is 2. The molecule has 0 spiro atoms. The van der Waals surface area contributed by atoms with E-state index in [9.17, 15) is 12.8 Å². The van der Waals surface area contributed by atoms with Crippen LogP contribution < -0.4 is 0 Å². The average molecular weight is 305 g/mol. The molecule has 0 aliphatic rings. The van der Waals surface area contributed by atoms with Crippen LogP contribution in [-0.4, -0.2) is 8.42 Å². The van der Waals surface area contributed by atoms with Crippen LogP contribution in [0.15, 0.2) is 41.3 Å². The molecule has 2 rings (SSSR count). The van der Waals surface area contributed by atoms with Crippen molar-refractivity contribution in [2.45, 2.75) is 4.90 Å². The zero-order valence-corrected chi connectivity index (χ0v) is 11.3. The smallest absolute Gasteiger partial charge is 0.168 e. The highest BCUT2D eigenvalue weighted by Gasteiger charge is 2.12. The molecule has 0 unspecified atom stereocenters. The summed E-state index contributed by atoms with van der Waals surface area (Å²) in [5.41, 5.74) is 0.655. The van der Waals surface area contributed by atoms with E-state index in [0.29, 0.717) is 10.6 Å². The van der Waals surface area contributed by atoms with E-state index in [2.05, 4.69) is 0 Å². The van der Waals surface area contributed by atoms with Crippen molar-refractivity contribution in [3.05, 3.63) is 52.3 Å². The first-order valence-corrected chi connectivity index (χ1v) is 6.82. The average Bonchev–Trinajstić information content (AvgIpc) is 2.28. The quantitative estimate of drug-likeness (QED) is 0.857. The van der Waals surface area contributed by atoms with Gasteiger partial charge in [-0.25, -0.2) is 12.8 Å². The summed E-state index contributed by atoms with van der Waals surface area (Å²) < 4.78 is 35.5. The molecule has 0 aromatic heterocycles. The Hall–Kier alpha value is -1.10. The molecular formula is C12H7Cl2FO2S. The second kappa shape index (κ2) is 5.26. The third-order valence-corrected chi connectivity index (χ3v) is 3.71. The van der Waals surface area contributed by atoms with Crippen molar-refractivity contribution in [3.8, 4) is 11.1 Å². The maximum absolute atomic E-state index is 13.2. The topological polar surface area (TPSA) is 34.1 Å². The predicted octanol–water partition coefficient (Wildman–Crippen LogP) is 3.77. The molecule has 2 aromatic rings. The van der Waals surface area contributed by atoms with Crippen LogP contribution in [0.2, 0.25) is 10.0 Å². The Morgan fingerprint density at radius 2 is 1.67 bits per heavy atom. The normalized spacial score (nSPS) is 10.9. The van der Waals surface area contributed by atoms with E-state index in [1.54, 1.807) is 12.1 Å². The van der Waals surface area contributed by atoms with Crippen LogP contribution in [0, 0.1) is 5.82 Å². The van der Waals surface area contributed by atoms with Crippen molar-refractivity contribution < 1.29 is 12.8 Å². The van der Waals surface area contributed by atoms with Gasteiger partial charge in [0.25, 0.3) is 0 Å². The fourth-order valence-corrected chi connectivity index (χ4v) is 2.68. The van der Waals surface area contributed by atoms with E-state index in [0.717, 1.165) is 12.1 Å². The summed E-state index contributed by atoms with van der Waals surface area (Å²) in [4.78, 5) is 0.0237. The van der Waals surface area contributed by atoms with Gasteiger partial charge in [0.15, 0.2) is 10.7 Å². The predicted molar refractivity (Wildman–Crippen MR) is 70.4 cm³/mol. The summed E-state index contributed by atoms with van der Waals surface area (Å²) in [6, 6.07) is 8.03. The van der Waals surface area contributed by atoms with Crippen LogP contribution in [0.25, 0.3) is 11.1 Å². The van der Waals surface area contributed by atoms with Gasteiger partial charge in [-0.05, 0) is 30.3 Å². The van der Waals surface area contributed by atoms with Crippen molar-refractivity contribution in [3.63, 3.8) is 0 Å². The van der Waals surface area contributed by atoms with Crippen LogP contribution >= 0.6 is 23.2 Å². The molecule has 6 heteroatoms. The Kier molecular flexibility index (Phi) is 3.90. The lowest BCUT2D eigenvalue weighted by molar-refractivity contribution is 0.612. The minimum atomic E-state index is -2.83. The van der Waals surface area contributed by atoms with Crippen molar-refractivity contribution in [2.75, 3.05) is 0 Å². The molecule has 0 saturated carbocycles. The van der Waals surface area contributed by atoms with Gasteiger partial charge in [0, 0.05) is 21.2 Å². The third-order valence-electron chi connectivity index (χ3n) is 2.38. The molecule has 18 heavy (non-hydrogen) atoms. The molecule has 0 fully saturated rings. The summed E-state index contributed by atoms with van der Waals surface area (Å²) in [5, 5.41) is 0.694. The number of hydrogen-bond donors (Lipinski definition) is 1. The maximum Gasteiger partial charge on any atom is 0.168 e. The molecule has 0 radical (unpaired) electrons. The zero-order valence-electron chi connectivity index (χ0n) is 8.86. The lowest BCUT2D eigenvalue weighted by atomic mass is 10.1. The molecule has 0 amide bonds. The van der Waals surface area contributed by atoms with Gasteiger partial charge in [0.05, 0.1) is 4.90 Å². The van der Waals surface area contributed by atoms with Crippen molar-refractivity contribution >= 4 is 33.9 Å². The Bertz CT molecular complexity index is 676. The molecule has 0 aliphatic heterocycles. The van der Waals surface area contributed by atoms with Crippen LogP contribution in [0.4, 0.5) is 4.39 Å². The summed E-state index contributed by atoms with van der Waals surface area (Å²) in [6.07, 6.45) is 0. The van der Waals surface area contributed by atoms with E-state index < -0.39 is 16.5 Å². The second-order valence-corrected chi connectivity index (χ2v) is 5.38. The second-order valence-electron chi connectivity index (χ2n) is 3.54. The van der Waals surface area contributed by atoms with Gasteiger partial charge >= 0.3 is 0 Å². The summed E-state index contributed by atoms with van der Waals surface area (Å²) >= 11 is 11.7. The minimum absolute atomic E-state index is 0.0237. The SMILES string of the molecule is O=[SH](=O)c1ccc(F)cc1-c1ccc(Cl)cc1Cl. The highest BCUT2D eigenvalue weighted by atomic mass is 35.5. The van der Waals surface area contributed by atoms with Gasteiger partial charge in [-0.1, -0.05) is 29.3 Å². The summed E-state index contributed by atoms with van der Waals surface area (Å²) in [6.45, 7) is 0. The van der Waals surface area contributed by atoms with Gasteiger partial charge < -0.3 is 0 Å². The third kappa shape index (κ3) is 2.66. The summed E-state index contributed by atoms with van der Waals surface area (Å²) in [7, 11) is -2.83. The minimum Gasteiger partial charge on any atom is -0.227 e. The van der Waals surface area contributed by atoms with Crippen LogP contribution in [0.1, 0.15) is 0 Å². The van der Waals surface area contributed by atoms with Gasteiger partial charge in [-0.2, -0.15) is 0 Å². The molecule has 0 saturated heterocycles.